The topological polar surface area (TPSA) is 87.7 Å². The van der Waals surface area contributed by atoms with Gasteiger partial charge in [0.25, 0.3) is 0 Å². The number of thioether (sulfide) groups is 1. The summed E-state index contributed by atoms with van der Waals surface area (Å²) in [6.45, 7) is 2.16. The quantitative estimate of drug-likeness (QED) is 0.764. The Hall–Kier alpha value is -2.15. The van der Waals surface area contributed by atoms with Crippen LogP contribution in [0.4, 0.5) is 5.69 Å². The van der Waals surface area contributed by atoms with Gasteiger partial charge in [-0.25, -0.2) is 9.89 Å². The van der Waals surface area contributed by atoms with Crippen molar-refractivity contribution in [3.05, 3.63) is 46.5 Å². The number of carbonyl (C=O) groups excluding carboxylic acids is 1. The molecule has 0 aliphatic carbocycles. The van der Waals surface area contributed by atoms with Crippen molar-refractivity contribution in [3.8, 4) is 0 Å². The summed E-state index contributed by atoms with van der Waals surface area (Å²) in [7, 11) is 0. The van der Waals surface area contributed by atoms with Crippen LogP contribution in [0, 0.1) is 0 Å². The van der Waals surface area contributed by atoms with Crippen LogP contribution < -0.4 is 11.0 Å². The molecule has 0 unspecified atom stereocenters. The first-order valence-electron chi connectivity index (χ1n) is 7.10. The first-order valence-corrected chi connectivity index (χ1v) is 8.09. The lowest BCUT2D eigenvalue weighted by atomic mass is 10.1. The van der Waals surface area contributed by atoms with Crippen molar-refractivity contribution in [2.24, 2.45) is 0 Å². The van der Waals surface area contributed by atoms with Crippen LogP contribution in [0.25, 0.3) is 0 Å². The molecule has 1 aromatic carbocycles. The predicted molar refractivity (Wildman–Crippen MR) is 87.1 cm³/mol. The highest BCUT2D eigenvalue weighted by Gasteiger charge is 2.05. The van der Waals surface area contributed by atoms with Crippen LogP contribution in [0.5, 0.6) is 0 Å². The van der Waals surface area contributed by atoms with Crippen LogP contribution >= 0.6 is 11.8 Å². The maximum atomic E-state index is 11.9. The van der Waals surface area contributed by atoms with E-state index < -0.39 is 5.69 Å². The van der Waals surface area contributed by atoms with E-state index in [2.05, 4.69) is 27.4 Å². The number of amides is 1. The molecule has 0 radical (unpaired) electrons. The predicted octanol–water partition coefficient (Wildman–Crippen LogP) is 2.24. The van der Waals surface area contributed by atoms with Gasteiger partial charge in [0.1, 0.15) is 5.03 Å². The second-order valence-corrected chi connectivity index (χ2v) is 5.76. The zero-order valence-electron chi connectivity index (χ0n) is 12.3. The standard InChI is InChI=1S/C15H18N4O2S/c1-2-3-4-11-5-7-12(8-6-11)17-13(20)10-22-14-9-16-19-15(21)18-14/h5-9H,2-4,10H2,1H3,(H,17,20)(H,18,19,21). The van der Waals surface area contributed by atoms with Crippen molar-refractivity contribution < 1.29 is 4.79 Å². The van der Waals surface area contributed by atoms with Crippen molar-refractivity contribution >= 4 is 23.4 Å². The number of unbranched alkanes of at least 4 members (excludes halogenated alkanes) is 1. The highest BCUT2D eigenvalue weighted by atomic mass is 32.2. The monoisotopic (exact) mass is 318 g/mol. The van der Waals surface area contributed by atoms with Crippen molar-refractivity contribution in [1.29, 1.82) is 0 Å². The third-order valence-corrected chi connectivity index (χ3v) is 3.85. The third kappa shape index (κ3) is 5.33. The SMILES string of the molecule is CCCCc1ccc(NC(=O)CSc2cn[nH]c(=O)n2)cc1. The fourth-order valence-corrected chi connectivity index (χ4v) is 2.46. The summed E-state index contributed by atoms with van der Waals surface area (Å²) < 4.78 is 0. The second-order valence-electron chi connectivity index (χ2n) is 4.76. The molecule has 0 bridgehead atoms. The lowest BCUT2D eigenvalue weighted by Gasteiger charge is -2.06. The van der Waals surface area contributed by atoms with E-state index in [4.69, 9.17) is 0 Å². The Morgan fingerprint density at radius 3 is 2.77 bits per heavy atom. The minimum atomic E-state index is -0.520. The van der Waals surface area contributed by atoms with Crippen LogP contribution in [0.2, 0.25) is 0 Å². The van der Waals surface area contributed by atoms with E-state index in [1.807, 2.05) is 24.3 Å². The lowest BCUT2D eigenvalue weighted by molar-refractivity contribution is -0.113. The van der Waals surface area contributed by atoms with Gasteiger partial charge in [0.05, 0.1) is 11.9 Å². The Bertz CT molecular complexity index is 670. The van der Waals surface area contributed by atoms with Crippen LogP contribution in [0.15, 0.2) is 40.3 Å². The molecule has 0 atom stereocenters. The molecular formula is C15H18N4O2S. The Morgan fingerprint density at radius 2 is 2.09 bits per heavy atom. The van der Waals surface area contributed by atoms with E-state index in [0.717, 1.165) is 12.1 Å². The smallest absolute Gasteiger partial charge is 0.325 e. The van der Waals surface area contributed by atoms with Crippen LogP contribution in [0.3, 0.4) is 0 Å². The maximum Gasteiger partial charge on any atom is 0.362 e. The zero-order chi connectivity index (χ0) is 15.8. The minimum Gasteiger partial charge on any atom is -0.325 e. The molecule has 6 nitrogen and oxygen atoms in total. The van der Waals surface area contributed by atoms with Crippen molar-refractivity contribution in [2.75, 3.05) is 11.1 Å². The Balaban J connectivity index is 1.82. The molecule has 2 aromatic rings. The van der Waals surface area contributed by atoms with Crippen LogP contribution in [0.1, 0.15) is 25.3 Å². The van der Waals surface area contributed by atoms with Gasteiger partial charge in [0.15, 0.2) is 0 Å². The number of hydrogen-bond acceptors (Lipinski definition) is 5. The van der Waals surface area contributed by atoms with Crippen LogP contribution in [-0.2, 0) is 11.2 Å². The number of benzene rings is 1. The molecule has 0 spiro atoms. The summed E-state index contributed by atoms with van der Waals surface area (Å²) in [5.41, 5.74) is 1.52. The minimum absolute atomic E-state index is 0.145. The summed E-state index contributed by atoms with van der Waals surface area (Å²) in [5, 5.41) is 9.06. The number of anilines is 1. The molecule has 0 saturated carbocycles. The van der Waals surface area contributed by atoms with E-state index >= 15 is 0 Å². The van der Waals surface area contributed by atoms with Gasteiger partial charge in [0, 0.05) is 5.69 Å². The van der Waals surface area contributed by atoms with Crippen molar-refractivity contribution in [1.82, 2.24) is 15.2 Å². The molecule has 2 N–H and O–H groups in total. The molecule has 0 aliphatic heterocycles. The fourth-order valence-electron chi connectivity index (χ4n) is 1.84. The Kier molecular flexibility index (Phi) is 6.14. The maximum absolute atomic E-state index is 11.9. The van der Waals surface area contributed by atoms with Gasteiger partial charge >= 0.3 is 5.69 Å². The first-order chi connectivity index (χ1) is 10.7. The summed E-state index contributed by atoms with van der Waals surface area (Å²) >= 11 is 1.17. The van der Waals surface area contributed by atoms with Gasteiger partial charge < -0.3 is 5.32 Å². The van der Waals surface area contributed by atoms with Gasteiger partial charge in [0.2, 0.25) is 5.91 Å². The first kappa shape index (κ1) is 16.2. The number of nitrogens with zero attached hydrogens (tertiary/aromatic N) is 2. The molecular weight excluding hydrogens is 300 g/mol. The number of aromatic amines is 1. The summed E-state index contributed by atoms with van der Waals surface area (Å²) in [4.78, 5) is 26.6. The highest BCUT2D eigenvalue weighted by Crippen LogP contribution is 2.14. The molecule has 0 aliphatic rings. The normalized spacial score (nSPS) is 10.4. The number of rotatable bonds is 7. The molecule has 0 saturated heterocycles. The largest absolute Gasteiger partial charge is 0.362 e. The van der Waals surface area contributed by atoms with Gasteiger partial charge in [-0.2, -0.15) is 10.1 Å². The highest BCUT2D eigenvalue weighted by molar-refractivity contribution is 7.99. The number of hydrogen-bond donors (Lipinski definition) is 2. The molecule has 2 rings (SSSR count). The van der Waals surface area contributed by atoms with Gasteiger partial charge in [-0.3, -0.25) is 4.79 Å². The molecule has 1 amide bonds. The Morgan fingerprint density at radius 1 is 1.32 bits per heavy atom. The summed E-state index contributed by atoms with van der Waals surface area (Å²) in [5.74, 6) is 0.0313. The third-order valence-electron chi connectivity index (χ3n) is 2.95. The fraction of sp³-hybridized carbons (Fsp3) is 0.333. The second kappa shape index (κ2) is 8.33. The van der Waals surface area contributed by atoms with E-state index in [9.17, 15) is 9.59 Å². The number of carbonyl (C=O) groups is 1. The molecule has 1 heterocycles. The molecule has 116 valence electrons. The zero-order valence-corrected chi connectivity index (χ0v) is 13.2. The number of nitrogens with one attached hydrogen (secondary N) is 2. The van der Waals surface area contributed by atoms with Gasteiger partial charge in [-0.05, 0) is 30.5 Å². The lowest BCUT2D eigenvalue weighted by Crippen LogP contribution is -2.16. The van der Waals surface area contributed by atoms with E-state index in [-0.39, 0.29) is 11.7 Å². The number of H-pyrrole nitrogens is 1. The average molecular weight is 318 g/mol. The molecule has 22 heavy (non-hydrogen) atoms. The van der Waals surface area contributed by atoms with E-state index in [1.54, 1.807) is 0 Å². The summed E-state index contributed by atoms with van der Waals surface area (Å²) in [6, 6.07) is 7.86. The van der Waals surface area contributed by atoms with E-state index in [0.29, 0.717) is 5.03 Å². The average Bonchev–Trinajstić information content (AvgIpc) is 2.52. The van der Waals surface area contributed by atoms with Gasteiger partial charge in [-0.15, -0.1) is 0 Å². The molecule has 7 heteroatoms. The van der Waals surface area contributed by atoms with Crippen molar-refractivity contribution in [3.63, 3.8) is 0 Å². The molecule has 0 fully saturated rings. The Labute approximate surface area is 132 Å². The van der Waals surface area contributed by atoms with Crippen LogP contribution in [-0.4, -0.2) is 26.8 Å². The number of aryl methyl sites for hydroxylation is 1. The number of aromatic nitrogens is 3. The van der Waals surface area contributed by atoms with Crippen molar-refractivity contribution in [2.45, 2.75) is 31.2 Å². The van der Waals surface area contributed by atoms with E-state index in [1.165, 1.54) is 36.4 Å². The summed E-state index contributed by atoms with van der Waals surface area (Å²) in [6.07, 6.45) is 4.81. The molecule has 1 aromatic heterocycles. The van der Waals surface area contributed by atoms with Gasteiger partial charge in [-0.1, -0.05) is 37.2 Å².